The lowest BCUT2D eigenvalue weighted by Gasteiger charge is -2.26. The van der Waals surface area contributed by atoms with Crippen molar-refractivity contribution in [2.45, 2.75) is 39.7 Å². The Bertz CT molecular complexity index is 413. The van der Waals surface area contributed by atoms with Crippen LogP contribution in [-0.4, -0.2) is 23.1 Å². The summed E-state index contributed by atoms with van der Waals surface area (Å²) in [6.45, 7) is 7.88. The number of nitrogens with two attached hydrogens (primary N) is 1. The van der Waals surface area contributed by atoms with Crippen molar-refractivity contribution in [3.63, 3.8) is 0 Å². The van der Waals surface area contributed by atoms with Crippen molar-refractivity contribution in [1.82, 2.24) is 4.90 Å². The number of phenolic OH excluding ortho intramolecular Hbond substituents is 1. The highest BCUT2D eigenvalue weighted by Gasteiger charge is 2.34. The zero-order valence-corrected chi connectivity index (χ0v) is 11.4. The molecule has 0 unspecified atom stereocenters. The van der Waals surface area contributed by atoms with E-state index in [1.165, 1.54) is 37.9 Å². The number of hydrogen-bond donors (Lipinski definition) is 2. The molecule has 1 aliphatic rings. The summed E-state index contributed by atoms with van der Waals surface area (Å²) < 4.78 is 0. The Balaban J connectivity index is 2.01. The molecule has 1 saturated heterocycles. The molecule has 2 rings (SSSR count). The second-order valence-corrected chi connectivity index (χ2v) is 5.56. The van der Waals surface area contributed by atoms with Gasteiger partial charge in [-0.05, 0) is 48.9 Å². The lowest BCUT2D eigenvalue weighted by Crippen LogP contribution is -2.26. The van der Waals surface area contributed by atoms with Crippen molar-refractivity contribution in [2.24, 2.45) is 5.41 Å². The van der Waals surface area contributed by atoms with Crippen LogP contribution in [0.15, 0.2) is 18.2 Å². The summed E-state index contributed by atoms with van der Waals surface area (Å²) >= 11 is 0. The predicted octanol–water partition coefficient (Wildman–Crippen LogP) is 2.99. The van der Waals surface area contributed by atoms with Gasteiger partial charge in [-0.25, -0.2) is 0 Å². The normalized spacial score (nSPS) is 19.2. The average molecular weight is 248 g/mol. The molecule has 0 aromatic heterocycles. The predicted molar refractivity (Wildman–Crippen MR) is 75.4 cm³/mol. The van der Waals surface area contributed by atoms with E-state index in [-0.39, 0.29) is 5.75 Å². The molecule has 18 heavy (non-hydrogen) atoms. The zero-order chi connectivity index (χ0) is 13.2. The number of phenols is 1. The summed E-state index contributed by atoms with van der Waals surface area (Å²) in [5.41, 5.74) is 7.91. The summed E-state index contributed by atoms with van der Waals surface area (Å²) in [5, 5.41) is 9.43. The molecule has 1 aromatic carbocycles. The maximum absolute atomic E-state index is 9.43. The summed E-state index contributed by atoms with van der Waals surface area (Å²) in [6.07, 6.45) is 3.82. The van der Waals surface area contributed by atoms with Crippen molar-refractivity contribution in [2.75, 3.05) is 18.8 Å². The second-order valence-electron chi connectivity index (χ2n) is 5.56. The molecule has 0 atom stereocenters. The van der Waals surface area contributed by atoms with Crippen LogP contribution in [0.25, 0.3) is 0 Å². The van der Waals surface area contributed by atoms with Crippen LogP contribution in [0.5, 0.6) is 5.75 Å². The number of nitrogens with zero attached hydrogens (tertiary/aromatic N) is 1. The Kier molecular flexibility index (Phi) is 3.81. The van der Waals surface area contributed by atoms with Gasteiger partial charge in [-0.2, -0.15) is 0 Å². The molecule has 3 heteroatoms. The third kappa shape index (κ3) is 2.61. The van der Waals surface area contributed by atoms with Crippen LogP contribution >= 0.6 is 0 Å². The van der Waals surface area contributed by atoms with Gasteiger partial charge in [0.25, 0.3) is 0 Å². The fourth-order valence-electron chi connectivity index (χ4n) is 2.95. The molecule has 3 N–H and O–H groups in total. The van der Waals surface area contributed by atoms with Gasteiger partial charge in [0.1, 0.15) is 5.75 Å². The van der Waals surface area contributed by atoms with Crippen LogP contribution in [-0.2, 0) is 6.54 Å². The van der Waals surface area contributed by atoms with Gasteiger partial charge in [0, 0.05) is 13.1 Å². The molecule has 3 nitrogen and oxygen atoms in total. The van der Waals surface area contributed by atoms with E-state index in [0.717, 1.165) is 6.54 Å². The van der Waals surface area contributed by atoms with Crippen LogP contribution in [0, 0.1) is 5.41 Å². The van der Waals surface area contributed by atoms with E-state index in [1.54, 1.807) is 6.07 Å². The van der Waals surface area contributed by atoms with Gasteiger partial charge in [0.05, 0.1) is 5.69 Å². The molecule has 0 spiro atoms. The molecule has 1 aliphatic heterocycles. The fraction of sp³-hybridized carbons (Fsp3) is 0.600. The summed E-state index contributed by atoms with van der Waals surface area (Å²) in [7, 11) is 0. The standard InChI is InChI=1S/C15H24N2O/c1-3-15(4-2)7-8-17(11-15)10-12-5-6-14(18)13(16)9-12/h5-6,9,18H,3-4,7-8,10-11,16H2,1-2H3. The van der Waals surface area contributed by atoms with E-state index in [4.69, 9.17) is 5.73 Å². The molecule has 1 heterocycles. The summed E-state index contributed by atoms with van der Waals surface area (Å²) in [4.78, 5) is 2.50. The molecular weight excluding hydrogens is 224 g/mol. The van der Waals surface area contributed by atoms with E-state index in [0.29, 0.717) is 11.1 Å². The van der Waals surface area contributed by atoms with E-state index in [2.05, 4.69) is 18.7 Å². The first kappa shape index (κ1) is 13.2. The number of anilines is 1. The van der Waals surface area contributed by atoms with Gasteiger partial charge in [-0.15, -0.1) is 0 Å². The quantitative estimate of drug-likeness (QED) is 0.636. The molecule has 1 fully saturated rings. The monoisotopic (exact) mass is 248 g/mol. The average Bonchev–Trinajstić information content (AvgIpc) is 2.78. The van der Waals surface area contributed by atoms with Crippen molar-refractivity contribution >= 4 is 5.69 Å². The molecule has 100 valence electrons. The topological polar surface area (TPSA) is 49.5 Å². The SMILES string of the molecule is CCC1(CC)CCN(Cc2ccc(O)c(N)c2)C1. The molecular formula is C15H24N2O. The van der Waals surface area contributed by atoms with E-state index in [1.807, 2.05) is 12.1 Å². The molecule has 0 aliphatic carbocycles. The van der Waals surface area contributed by atoms with E-state index in [9.17, 15) is 5.11 Å². The van der Waals surface area contributed by atoms with Gasteiger partial charge in [0.15, 0.2) is 0 Å². The Labute approximate surface area is 110 Å². The summed E-state index contributed by atoms with van der Waals surface area (Å²) in [6, 6.07) is 5.53. The molecule has 0 radical (unpaired) electrons. The minimum atomic E-state index is 0.177. The van der Waals surface area contributed by atoms with Crippen molar-refractivity contribution in [1.29, 1.82) is 0 Å². The molecule has 0 bridgehead atoms. The van der Waals surface area contributed by atoms with Crippen LogP contribution in [0.1, 0.15) is 38.7 Å². The first-order chi connectivity index (χ1) is 8.58. The van der Waals surface area contributed by atoms with Gasteiger partial charge in [-0.1, -0.05) is 19.9 Å². The Morgan fingerprint density at radius 3 is 2.61 bits per heavy atom. The van der Waals surface area contributed by atoms with Crippen LogP contribution in [0.2, 0.25) is 0 Å². The Hall–Kier alpha value is -1.22. The maximum Gasteiger partial charge on any atom is 0.138 e. The number of aromatic hydroxyl groups is 1. The highest BCUT2D eigenvalue weighted by atomic mass is 16.3. The lowest BCUT2D eigenvalue weighted by molar-refractivity contribution is 0.236. The maximum atomic E-state index is 9.43. The number of benzene rings is 1. The summed E-state index contributed by atoms with van der Waals surface area (Å²) in [5.74, 6) is 0.177. The minimum absolute atomic E-state index is 0.177. The Morgan fingerprint density at radius 2 is 2.06 bits per heavy atom. The largest absolute Gasteiger partial charge is 0.506 e. The second kappa shape index (κ2) is 5.19. The van der Waals surface area contributed by atoms with Gasteiger partial charge < -0.3 is 10.8 Å². The zero-order valence-electron chi connectivity index (χ0n) is 11.4. The van der Waals surface area contributed by atoms with Crippen LogP contribution < -0.4 is 5.73 Å². The smallest absolute Gasteiger partial charge is 0.138 e. The first-order valence-electron chi connectivity index (χ1n) is 6.88. The van der Waals surface area contributed by atoms with Crippen molar-refractivity contribution in [3.8, 4) is 5.75 Å². The molecule has 0 saturated carbocycles. The van der Waals surface area contributed by atoms with Crippen molar-refractivity contribution in [3.05, 3.63) is 23.8 Å². The van der Waals surface area contributed by atoms with Crippen molar-refractivity contribution < 1.29 is 5.11 Å². The van der Waals surface area contributed by atoms with Crippen LogP contribution in [0.3, 0.4) is 0 Å². The number of likely N-dealkylation sites (tertiary alicyclic amines) is 1. The van der Waals surface area contributed by atoms with Gasteiger partial charge in [0.2, 0.25) is 0 Å². The third-order valence-corrected chi connectivity index (χ3v) is 4.52. The van der Waals surface area contributed by atoms with Gasteiger partial charge in [-0.3, -0.25) is 4.90 Å². The number of rotatable bonds is 4. The Morgan fingerprint density at radius 1 is 1.33 bits per heavy atom. The van der Waals surface area contributed by atoms with Gasteiger partial charge >= 0.3 is 0 Å². The third-order valence-electron chi connectivity index (χ3n) is 4.52. The molecule has 1 aromatic rings. The highest BCUT2D eigenvalue weighted by molar-refractivity contribution is 5.53. The van der Waals surface area contributed by atoms with Crippen LogP contribution in [0.4, 0.5) is 5.69 Å². The number of hydrogen-bond acceptors (Lipinski definition) is 3. The number of nitrogen functional groups attached to an aromatic ring is 1. The first-order valence-corrected chi connectivity index (χ1v) is 6.88. The minimum Gasteiger partial charge on any atom is -0.506 e. The van der Waals surface area contributed by atoms with E-state index < -0.39 is 0 Å². The lowest BCUT2D eigenvalue weighted by atomic mass is 9.82. The van der Waals surface area contributed by atoms with E-state index >= 15 is 0 Å². The highest BCUT2D eigenvalue weighted by Crippen LogP contribution is 2.37. The fourth-order valence-corrected chi connectivity index (χ4v) is 2.95. The molecule has 0 amide bonds.